The maximum atomic E-state index is 13.5. The summed E-state index contributed by atoms with van der Waals surface area (Å²) in [4.78, 5) is 22.6. The zero-order valence-electron chi connectivity index (χ0n) is 12.8. The van der Waals surface area contributed by atoms with Gasteiger partial charge in [-0.2, -0.15) is 0 Å². The fraction of sp³-hybridized carbons (Fsp3) is 0.353. The highest BCUT2D eigenvalue weighted by molar-refractivity contribution is 5.92. The SMILES string of the molecule is O=C(NCCc1ccccc1F)c1cc(N2CCCC2)ncn1. The van der Waals surface area contributed by atoms with Crippen LogP contribution in [0.15, 0.2) is 36.7 Å². The van der Waals surface area contributed by atoms with Gasteiger partial charge in [0, 0.05) is 25.7 Å². The molecule has 1 aromatic carbocycles. The summed E-state index contributed by atoms with van der Waals surface area (Å²) < 4.78 is 13.5. The number of carbonyl (C=O) groups is 1. The Morgan fingerprint density at radius 1 is 1.22 bits per heavy atom. The van der Waals surface area contributed by atoms with Crippen molar-refractivity contribution in [2.24, 2.45) is 0 Å². The van der Waals surface area contributed by atoms with Gasteiger partial charge in [-0.15, -0.1) is 0 Å². The van der Waals surface area contributed by atoms with Gasteiger partial charge in [0.2, 0.25) is 0 Å². The summed E-state index contributed by atoms with van der Waals surface area (Å²) in [5.74, 6) is 0.279. The number of hydrogen-bond acceptors (Lipinski definition) is 4. The molecular formula is C17H19FN4O. The lowest BCUT2D eigenvalue weighted by molar-refractivity contribution is 0.0949. The van der Waals surface area contributed by atoms with Crippen LogP contribution in [0.1, 0.15) is 28.9 Å². The molecule has 1 aromatic heterocycles. The second-order valence-corrected chi connectivity index (χ2v) is 5.55. The van der Waals surface area contributed by atoms with E-state index in [1.54, 1.807) is 24.3 Å². The predicted octanol–water partition coefficient (Wildman–Crippen LogP) is 2.19. The first-order chi connectivity index (χ1) is 11.2. The van der Waals surface area contributed by atoms with Crippen LogP contribution in [0.5, 0.6) is 0 Å². The number of nitrogens with one attached hydrogen (secondary N) is 1. The summed E-state index contributed by atoms with van der Waals surface area (Å²) in [6.07, 6.45) is 4.16. The number of carbonyl (C=O) groups excluding carboxylic acids is 1. The molecule has 1 fully saturated rings. The van der Waals surface area contributed by atoms with E-state index < -0.39 is 0 Å². The quantitative estimate of drug-likeness (QED) is 0.919. The van der Waals surface area contributed by atoms with Crippen LogP contribution in [0.3, 0.4) is 0 Å². The van der Waals surface area contributed by atoms with Crippen molar-refractivity contribution in [2.45, 2.75) is 19.3 Å². The Bertz CT molecular complexity index is 686. The normalized spacial score (nSPS) is 14.0. The van der Waals surface area contributed by atoms with E-state index in [1.165, 1.54) is 12.4 Å². The first kappa shape index (κ1) is 15.4. The van der Waals surface area contributed by atoms with Gasteiger partial charge in [-0.1, -0.05) is 18.2 Å². The monoisotopic (exact) mass is 314 g/mol. The molecule has 5 nitrogen and oxygen atoms in total. The van der Waals surface area contributed by atoms with E-state index >= 15 is 0 Å². The average Bonchev–Trinajstić information content (AvgIpc) is 3.11. The van der Waals surface area contributed by atoms with E-state index in [2.05, 4.69) is 20.2 Å². The van der Waals surface area contributed by atoms with Crippen molar-refractivity contribution in [3.8, 4) is 0 Å². The Hall–Kier alpha value is -2.50. The van der Waals surface area contributed by atoms with Gasteiger partial charge < -0.3 is 10.2 Å². The molecule has 23 heavy (non-hydrogen) atoms. The largest absolute Gasteiger partial charge is 0.357 e. The van der Waals surface area contributed by atoms with Crippen LogP contribution in [0.2, 0.25) is 0 Å². The number of rotatable bonds is 5. The van der Waals surface area contributed by atoms with Crippen LogP contribution in [-0.2, 0) is 6.42 Å². The number of halogens is 1. The fourth-order valence-electron chi connectivity index (χ4n) is 2.69. The highest BCUT2D eigenvalue weighted by atomic mass is 19.1. The average molecular weight is 314 g/mol. The van der Waals surface area contributed by atoms with Crippen LogP contribution in [0.25, 0.3) is 0 Å². The van der Waals surface area contributed by atoms with Gasteiger partial charge >= 0.3 is 0 Å². The zero-order chi connectivity index (χ0) is 16.1. The van der Waals surface area contributed by atoms with E-state index in [9.17, 15) is 9.18 Å². The fourth-order valence-corrected chi connectivity index (χ4v) is 2.69. The number of benzene rings is 1. The second kappa shape index (κ2) is 7.17. The number of nitrogens with zero attached hydrogens (tertiary/aromatic N) is 3. The second-order valence-electron chi connectivity index (χ2n) is 5.55. The minimum absolute atomic E-state index is 0.250. The third-order valence-electron chi connectivity index (χ3n) is 3.95. The Morgan fingerprint density at radius 2 is 2.00 bits per heavy atom. The molecule has 2 heterocycles. The van der Waals surface area contributed by atoms with Crippen molar-refractivity contribution in [2.75, 3.05) is 24.5 Å². The number of aromatic nitrogens is 2. The van der Waals surface area contributed by atoms with Crippen molar-refractivity contribution in [1.82, 2.24) is 15.3 Å². The first-order valence-corrected chi connectivity index (χ1v) is 7.82. The summed E-state index contributed by atoms with van der Waals surface area (Å²) in [5.41, 5.74) is 0.934. The molecule has 1 amide bonds. The highest BCUT2D eigenvalue weighted by Gasteiger charge is 2.16. The highest BCUT2D eigenvalue weighted by Crippen LogP contribution is 2.17. The van der Waals surface area contributed by atoms with Gasteiger partial charge in [-0.05, 0) is 30.9 Å². The smallest absolute Gasteiger partial charge is 0.270 e. The summed E-state index contributed by atoms with van der Waals surface area (Å²) in [7, 11) is 0. The molecule has 0 spiro atoms. The van der Waals surface area contributed by atoms with Crippen molar-refractivity contribution in [3.05, 3.63) is 53.7 Å². The lowest BCUT2D eigenvalue weighted by Gasteiger charge is -2.16. The maximum Gasteiger partial charge on any atom is 0.270 e. The van der Waals surface area contributed by atoms with Crippen molar-refractivity contribution >= 4 is 11.7 Å². The molecule has 1 aliphatic rings. The molecule has 120 valence electrons. The molecule has 0 radical (unpaired) electrons. The molecule has 2 aromatic rings. The summed E-state index contributed by atoms with van der Waals surface area (Å²) in [6.45, 7) is 2.29. The van der Waals surface area contributed by atoms with Crippen molar-refractivity contribution < 1.29 is 9.18 Å². The number of hydrogen-bond donors (Lipinski definition) is 1. The van der Waals surface area contributed by atoms with Crippen LogP contribution >= 0.6 is 0 Å². The molecule has 1 N–H and O–H groups in total. The van der Waals surface area contributed by atoms with E-state index in [0.29, 0.717) is 24.2 Å². The van der Waals surface area contributed by atoms with Gasteiger partial charge in [-0.3, -0.25) is 4.79 Å². The van der Waals surface area contributed by atoms with Gasteiger partial charge in [0.1, 0.15) is 23.7 Å². The Morgan fingerprint density at radius 3 is 2.78 bits per heavy atom. The predicted molar refractivity (Wildman–Crippen MR) is 85.9 cm³/mol. The molecular weight excluding hydrogens is 295 g/mol. The lowest BCUT2D eigenvalue weighted by atomic mass is 10.1. The Kier molecular flexibility index (Phi) is 4.80. The summed E-state index contributed by atoms with van der Waals surface area (Å²) in [6, 6.07) is 8.29. The zero-order valence-corrected chi connectivity index (χ0v) is 12.8. The molecule has 0 aliphatic carbocycles. The molecule has 1 saturated heterocycles. The molecule has 0 unspecified atom stereocenters. The summed E-state index contributed by atoms with van der Waals surface area (Å²) in [5, 5.41) is 2.78. The van der Waals surface area contributed by atoms with Crippen LogP contribution in [0, 0.1) is 5.82 Å². The van der Waals surface area contributed by atoms with Crippen LogP contribution in [0.4, 0.5) is 10.2 Å². The van der Waals surface area contributed by atoms with E-state index in [4.69, 9.17) is 0 Å². The van der Waals surface area contributed by atoms with Gasteiger partial charge in [0.15, 0.2) is 0 Å². The molecule has 0 saturated carbocycles. The maximum absolute atomic E-state index is 13.5. The van der Waals surface area contributed by atoms with Crippen LogP contribution in [-0.4, -0.2) is 35.5 Å². The first-order valence-electron chi connectivity index (χ1n) is 7.82. The molecule has 6 heteroatoms. The van der Waals surface area contributed by atoms with E-state index in [-0.39, 0.29) is 11.7 Å². The Balaban J connectivity index is 1.58. The van der Waals surface area contributed by atoms with E-state index in [0.717, 1.165) is 31.7 Å². The molecule has 0 atom stereocenters. The minimum atomic E-state index is -0.260. The third kappa shape index (κ3) is 3.83. The molecule has 0 bridgehead atoms. The standard InChI is InChI=1S/C17H19FN4O/c18-14-6-2-1-5-13(14)7-8-19-17(23)15-11-16(21-12-20-15)22-9-3-4-10-22/h1-2,5-6,11-12H,3-4,7-10H2,(H,19,23). The number of anilines is 1. The van der Waals surface area contributed by atoms with Crippen molar-refractivity contribution in [3.63, 3.8) is 0 Å². The van der Waals surface area contributed by atoms with Crippen molar-refractivity contribution in [1.29, 1.82) is 0 Å². The van der Waals surface area contributed by atoms with E-state index in [1.807, 2.05) is 0 Å². The lowest BCUT2D eigenvalue weighted by Crippen LogP contribution is -2.27. The number of amides is 1. The topological polar surface area (TPSA) is 58.1 Å². The Labute approximate surface area is 134 Å². The third-order valence-corrected chi connectivity index (χ3v) is 3.95. The van der Waals surface area contributed by atoms with Gasteiger partial charge in [-0.25, -0.2) is 14.4 Å². The van der Waals surface area contributed by atoms with Crippen LogP contribution < -0.4 is 10.2 Å². The van der Waals surface area contributed by atoms with Gasteiger partial charge in [0.25, 0.3) is 5.91 Å². The minimum Gasteiger partial charge on any atom is -0.357 e. The molecule has 1 aliphatic heterocycles. The molecule has 3 rings (SSSR count). The van der Waals surface area contributed by atoms with Gasteiger partial charge in [0.05, 0.1) is 0 Å². The summed E-state index contributed by atoms with van der Waals surface area (Å²) >= 11 is 0.